The van der Waals surface area contributed by atoms with Gasteiger partial charge in [0.15, 0.2) is 15.7 Å². The lowest BCUT2D eigenvalue weighted by molar-refractivity contribution is 0.0523. The molecule has 3 heterocycles. The zero-order valence-corrected chi connectivity index (χ0v) is 21.5. The van der Waals surface area contributed by atoms with Crippen LogP contribution in [0.4, 0.5) is 10.6 Å². The van der Waals surface area contributed by atoms with Crippen molar-refractivity contribution in [3.05, 3.63) is 63.3 Å². The van der Waals surface area contributed by atoms with Gasteiger partial charge in [0.25, 0.3) is 11.8 Å². The van der Waals surface area contributed by atoms with Crippen LogP contribution in [0.2, 0.25) is 0 Å². The molecule has 35 heavy (non-hydrogen) atoms. The van der Waals surface area contributed by atoms with E-state index in [1.54, 1.807) is 37.6 Å². The number of benzene rings is 1. The lowest BCUT2D eigenvalue weighted by Gasteiger charge is -2.26. The lowest BCUT2D eigenvalue weighted by Crippen LogP contribution is -2.40. The van der Waals surface area contributed by atoms with Crippen molar-refractivity contribution < 1.29 is 19.1 Å². The van der Waals surface area contributed by atoms with E-state index in [4.69, 9.17) is 4.74 Å². The third-order valence-electron chi connectivity index (χ3n) is 4.92. The maximum atomic E-state index is 13.1. The molecule has 0 unspecified atom stereocenters. The fourth-order valence-electron chi connectivity index (χ4n) is 3.25. The van der Waals surface area contributed by atoms with E-state index in [1.807, 2.05) is 44.2 Å². The lowest BCUT2D eigenvalue weighted by atomic mass is 9.94. The zero-order chi connectivity index (χ0) is 25.4. The molecule has 2 amide bonds. The molecule has 0 aliphatic carbocycles. The molecule has 11 heteroatoms. The number of hydrogen-bond donors (Lipinski definition) is 2. The van der Waals surface area contributed by atoms with Crippen LogP contribution < -0.4 is 10.6 Å². The molecule has 182 valence electrons. The molecule has 0 atom stereocenters. The number of nitrogens with zero attached hydrogens (tertiary/aromatic N) is 3. The van der Waals surface area contributed by atoms with E-state index in [2.05, 4.69) is 20.7 Å². The molecule has 9 nitrogen and oxygen atoms in total. The Morgan fingerprint density at radius 3 is 2.34 bits per heavy atom. The Morgan fingerprint density at radius 2 is 1.71 bits per heavy atom. The summed E-state index contributed by atoms with van der Waals surface area (Å²) in [4.78, 5) is 43.3. The average Bonchev–Trinajstić information content (AvgIpc) is 3.51. The first-order valence-electron chi connectivity index (χ1n) is 10.8. The quantitative estimate of drug-likeness (QED) is 0.378. The van der Waals surface area contributed by atoms with Gasteiger partial charge in [-0.25, -0.2) is 9.78 Å². The second-order valence-corrected chi connectivity index (χ2v) is 11.1. The first kappa shape index (κ1) is 24.6. The Bertz CT molecular complexity index is 1380. The molecule has 4 aromatic rings. The number of thiophene rings is 1. The summed E-state index contributed by atoms with van der Waals surface area (Å²) in [7, 11) is 0. The van der Waals surface area contributed by atoms with Gasteiger partial charge in [0, 0.05) is 5.38 Å². The Labute approximate surface area is 210 Å². The van der Waals surface area contributed by atoms with E-state index in [0.717, 1.165) is 21.6 Å². The SMILES string of the molecule is CC(C)(C)OC(=O)n1nc(NC(=O)c2ccsc2)c2nc(C(=O)NC(C)(C)c3ccccc3)sc21. The third kappa shape index (κ3) is 5.41. The van der Waals surface area contributed by atoms with Crippen molar-refractivity contribution in [1.82, 2.24) is 20.1 Å². The van der Waals surface area contributed by atoms with Crippen LogP contribution in [0.15, 0.2) is 47.2 Å². The van der Waals surface area contributed by atoms with Gasteiger partial charge in [-0.1, -0.05) is 41.7 Å². The summed E-state index contributed by atoms with van der Waals surface area (Å²) in [6.45, 7) is 9.00. The van der Waals surface area contributed by atoms with Gasteiger partial charge in [0.2, 0.25) is 0 Å². The summed E-state index contributed by atoms with van der Waals surface area (Å²) < 4.78 is 6.49. The molecule has 4 rings (SSSR count). The average molecular weight is 512 g/mol. The minimum absolute atomic E-state index is 0.0691. The molecule has 0 aliphatic rings. The predicted molar refractivity (Wildman–Crippen MR) is 136 cm³/mol. The van der Waals surface area contributed by atoms with Crippen molar-refractivity contribution in [3.8, 4) is 0 Å². The van der Waals surface area contributed by atoms with Crippen LogP contribution in [0.3, 0.4) is 0 Å². The molecule has 0 radical (unpaired) electrons. The van der Waals surface area contributed by atoms with E-state index >= 15 is 0 Å². The number of nitrogens with one attached hydrogen (secondary N) is 2. The Morgan fingerprint density at radius 1 is 1.00 bits per heavy atom. The van der Waals surface area contributed by atoms with E-state index in [-0.39, 0.29) is 16.3 Å². The van der Waals surface area contributed by atoms with Crippen LogP contribution in [-0.2, 0) is 10.3 Å². The zero-order valence-electron chi connectivity index (χ0n) is 19.9. The minimum atomic E-state index is -0.764. The van der Waals surface area contributed by atoms with Crippen molar-refractivity contribution in [2.75, 3.05) is 5.32 Å². The van der Waals surface area contributed by atoms with Gasteiger partial charge in [0.05, 0.1) is 11.1 Å². The summed E-state index contributed by atoms with van der Waals surface area (Å²) in [5.74, 6) is -0.739. The number of amides is 2. The third-order valence-corrected chi connectivity index (χ3v) is 6.64. The molecular formula is C24H25N5O4S2. The summed E-state index contributed by atoms with van der Waals surface area (Å²) in [5.41, 5.74) is 0.182. The van der Waals surface area contributed by atoms with Crippen molar-refractivity contribution in [1.29, 1.82) is 0 Å². The molecular weight excluding hydrogens is 486 g/mol. The molecule has 2 N–H and O–H groups in total. The molecule has 0 saturated carbocycles. The fourth-order valence-corrected chi connectivity index (χ4v) is 4.79. The van der Waals surface area contributed by atoms with Gasteiger partial charge in [-0.2, -0.15) is 16.0 Å². The number of anilines is 1. The first-order valence-corrected chi connectivity index (χ1v) is 12.5. The van der Waals surface area contributed by atoms with E-state index < -0.39 is 29.0 Å². The van der Waals surface area contributed by atoms with Gasteiger partial charge in [-0.05, 0) is 51.6 Å². The number of ether oxygens (including phenoxy) is 1. The maximum absolute atomic E-state index is 13.1. The van der Waals surface area contributed by atoms with Crippen LogP contribution in [-0.4, -0.2) is 38.3 Å². The number of aromatic nitrogens is 3. The Hall–Kier alpha value is -3.57. The summed E-state index contributed by atoms with van der Waals surface area (Å²) in [5, 5.41) is 13.5. The number of carbonyl (C=O) groups is 3. The number of fused-ring (bicyclic) bond motifs is 1. The van der Waals surface area contributed by atoms with E-state index in [9.17, 15) is 14.4 Å². The fraction of sp³-hybridized carbons (Fsp3) is 0.292. The highest BCUT2D eigenvalue weighted by Gasteiger charge is 2.29. The molecule has 0 bridgehead atoms. The van der Waals surface area contributed by atoms with Gasteiger partial charge >= 0.3 is 6.09 Å². The Kier molecular flexibility index (Phi) is 6.48. The standard InChI is InChI=1S/C24H25N5O4S2/c1-23(2,3)33-22(32)29-21-16(17(28-29)26-18(30)14-11-12-34-13-14)25-20(35-21)19(31)27-24(4,5)15-9-7-6-8-10-15/h6-13H,1-5H3,(H,27,31)(H,26,28,30). The van der Waals surface area contributed by atoms with Crippen LogP contribution in [0, 0.1) is 0 Å². The molecule has 0 saturated heterocycles. The topological polar surface area (TPSA) is 115 Å². The number of hydrogen-bond acceptors (Lipinski definition) is 8. The summed E-state index contributed by atoms with van der Waals surface area (Å²) in [6, 6.07) is 11.2. The van der Waals surface area contributed by atoms with Crippen molar-refractivity contribution in [3.63, 3.8) is 0 Å². The van der Waals surface area contributed by atoms with Crippen LogP contribution in [0.25, 0.3) is 10.3 Å². The highest BCUT2D eigenvalue weighted by Crippen LogP contribution is 2.30. The number of carbonyl (C=O) groups excluding carboxylic acids is 3. The highest BCUT2D eigenvalue weighted by atomic mass is 32.1. The van der Waals surface area contributed by atoms with Crippen molar-refractivity contribution in [2.24, 2.45) is 0 Å². The first-order chi connectivity index (χ1) is 16.4. The second kappa shape index (κ2) is 9.23. The monoisotopic (exact) mass is 511 g/mol. The van der Waals surface area contributed by atoms with E-state index in [0.29, 0.717) is 10.4 Å². The summed E-state index contributed by atoms with van der Waals surface area (Å²) >= 11 is 2.38. The van der Waals surface area contributed by atoms with Crippen LogP contribution in [0.1, 0.15) is 60.3 Å². The molecule has 0 aliphatic heterocycles. The molecule has 0 fully saturated rings. The van der Waals surface area contributed by atoms with Gasteiger partial charge in [0.1, 0.15) is 11.1 Å². The van der Waals surface area contributed by atoms with Gasteiger partial charge in [-0.3, -0.25) is 9.59 Å². The molecule has 3 aromatic heterocycles. The normalized spacial score (nSPS) is 11.9. The minimum Gasteiger partial charge on any atom is -0.442 e. The highest BCUT2D eigenvalue weighted by molar-refractivity contribution is 7.20. The molecule has 1 aromatic carbocycles. The Balaban J connectivity index is 1.69. The second-order valence-electron chi connectivity index (χ2n) is 9.32. The van der Waals surface area contributed by atoms with Gasteiger partial charge in [-0.15, -0.1) is 5.10 Å². The van der Waals surface area contributed by atoms with Crippen LogP contribution in [0.5, 0.6) is 0 Å². The number of thiazole rings is 1. The number of rotatable bonds is 5. The van der Waals surface area contributed by atoms with Gasteiger partial charge < -0.3 is 15.4 Å². The largest absolute Gasteiger partial charge is 0.442 e. The summed E-state index contributed by atoms with van der Waals surface area (Å²) in [6.07, 6.45) is -0.737. The van der Waals surface area contributed by atoms with Crippen LogP contribution >= 0.6 is 22.7 Å². The maximum Gasteiger partial charge on any atom is 0.436 e. The molecule has 0 spiro atoms. The van der Waals surface area contributed by atoms with Crippen molar-refractivity contribution in [2.45, 2.75) is 45.8 Å². The van der Waals surface area contributed by atoms with E-state index in [1.165, 1.54) is 11.3 Å². The predicted octanol–water partition coefficient (Wildman–Crippen LogP) is 5.25. The smallest absolute Gasteiger partial charge is 0.436 e. The van der Waals surface area contributed by atoms with Crippen molar-refractivity contribution >= 4 is 56.7 Å².